The highest BCUT2D eigenvalue weighted by atomic mass is 127. The molecule has 0 aliphatic heterocycles. The van der Waals surface area contributed by atoms with E-state index in [1.165, 1.54) is 22.6 Å². The quantitative estimate of drug-likeness (QED) is 0.0663. The summed E-state index contributed by atoms with van der Waals surface area (Å²) in [6, 6.07) is 0. The van der Waals surface area contributed by atoms with E-state index in [0.29, 0.717) is 0 Å². The second kappa shape index (κ2) is 24.9. The summed E-state index contributed by atoms with van der Waals surface area (Å²) in [5, 5.41) is 0. The Hall–Kier alpha value is -1.51. The molecule has 0 bridgehead atoms. The molecule has 0 heterocycles. The predicted octanol–water partition coefficient (Wildman–Crippen LogP) is 19.4. The molecule has 37 heteroatoms. The molecular weight excluding hydrogens is 1320 g/mol. The lowest BCUT2D eigenvalue weighted by Gasteiger charge is -2.35. The summed E-state index contributed by atoms with van der Waals surface area (Å²) in [4.78, 5) is 0. The second-order valence-corrected chi connectivity index (χ2v) is 17.8. The summed E-state index contributed by atoms with van der Waals surface area (Å²) in [5.41, 5.74) is -29.3. The van der Waals surface area contributed by atoms with Crippen LogP contribution in [0.2, 0.25) is 0 Å². The first-order valence-electron chi connectivity index (χ1n) is 17.4. The van der Waals surface area contributed by atoms with Gasteiger partial charge in [-0.25, -0.2) is 26.3 Å². The number of hydrogen-bond acceptors (Lipinski definition) is 0. The summed E-state index contributed by atoms with van der Waals surface area (Å²) in [6.45, 7) is 4.85. The normalized spacial score (nSPS) is 18.2. The number of allylic oxidation sites excluding steroid dienone is 1. The van der Waals surface area contributed by atoms with Gasteiger partial charge in [0.15, 0.2) is 0 Å². The van der Waals surface area contributed by atoms with Crippen LogP contribution in [0.4, 0.5) is 154 Å². The van der Waals surface area contributed by atoms with E-state index in [-0.39, 0.29) is 32.7 Å². The van der Waals surface area contributed by atoms with Crippen LogP contribution in [0.1, 0.15) is 67.1 Å². The van der Waals surface area contributed by atoms with Gasteiger partial charge in [0.1, 0.15) is 0 Å². The Morgan fingerprint density at radius 1 is 0.400 bits per heavy atom. The molecule has 0 N–H and O–H groups in total. The molecule has 6 atom stereocenters. The molecule has 0 aromatic carbocycles. The van der Waals surface area contributed by atoms with Crippen molar-refractivity contribution in [2.24, 2.45) is 11.8 Å². The number of alkyl halides is 35. The zero-order valence-electron chi connectivity index (χ0n) is 34.4. The third kappa shape index (κ3) is 21.8. The maximum Gasteiger partial charge on any atom is 0.431 e. The highest BCUT2D eigenvalue weighted by Crippen LogP contribution is 2.55. The van der Waals surface area contributed by atoms with Crippen molar-refractivity contribution >= 4 is 45.2 Å². The molecule has 0 rings (SSSR count). The Balaban J connectivity index is -0.000000293. The fourth-order valence-electron chi connectivity index (χ4n) is 4.78. The van der Waals surface area contributed by atoms with E-state index < -0.39 is 156 Å². The predicted molar refractivity (Wildman–Crippen MR) is 194 cm³/mol. The molecule has 0 nitrogen and oxygen atoms in total. The van der Waals surface area contributed by atoms with Gasteiger partial charge in [0.05, 0.1) is 0 Å². The average Bonchev–Trinajstić information content (AvgIpc) is 3.03. The second-order valence-electron chi connectivity index (χ2n) is 15.0. The fourth-order valence-corrected chi connectivity index (χ4v) is 7.09. The van der Waals surface area contributed by atoms with Gasteiger partial charge in [-0.2, -0.15) is 127 Å². The standard InChI is InChI=1S/C11H12F11I.C11H11F11.C9H8F11I.C2H2F2.H2/c1-7(12,9(14,15)16)4-6(2-3-23)5-8(13,10(17,18)19)11(20,21)22;1-3-6(4-7(2,12)9(14,15)16)5-8(13,10(17,18)19)11(20,21)22;1-5(10,7(12,13)14)2-4(21)3-6(11,8(15,16)17)9(18,19)20;1-2(3)4;/h6H,2-5H2,1H3;3,6H,1,4-5H2,2H3;4H,2-3H2,1H3;1H2;1H/i;;;;1+1. The van der Waals surface area contributed by atoms with Crippen molar-refractivity contribution < 1.29 is 155 Å². The van der Waals surface area contributed by atoms with Crippen molar-refractivity contribution in [3.8, 4) is 0 Å². The van der Waals surface area contributed by atoms with Gasteiger partial charge in [-0.15, -0.1) is 6.58 Å². The zero-order chi connectivity index (χ0) is 58.2. The van der Waals surface area contributed by atoms with Crippen LogP contribution >= 0.6 is 45.2 Å². The summed E-state index contributed by atoms with van der Waals surface area (Å²) in [7, 11) is 0. The lowest BCUT2D eigenvalue weighted by atomic mass is 9.82. The smallest absolute Gasteiger partial charge is 0.234 e. The van der Waals surface area contributed by atoms with Crippen LogP contribution in [0.3, 0.4) is 0 Å². The summed E-state index contributed by atoms with van der Waals surface area (Å²) < 4.78 is 431. The molecule has 0 spiro atoms. The van der Waals surface area contributed by atoms with Gasteiger partial charge in [0, 0.05) is 31.0 Å². The molecule has 0 aromatic rings. The van der Waals surface area contributed by atoms with E-state index in [2.05, 4.69) is 13.2 Å². The van der Waals surface area contributed by atoms with Gasteiger partial charge < -0.3 is 0 Å². The number of rotatable bonds is 15. The molecule has 0 fully saturated rings. The van der Waals surface area contributed by atoms with Gasteiger partial charge in [0.2, 0.25) is 17.0 Å². The molecular formula is C33H35F35I2. The van der Waals surface area contributed by atoms with E-state index in [9.17, 15) is 154 Å². The van der Waals surface area contributed by atoms with Crippen molar-refractivity contribution in [2.45, 2.75) is 159 Å². The van der Waals surface area contributed by atoms with Crippen LogP contribution in [-0.2, 0) is 0 Å². The molecule has 6 unspecified atom stereocenters. The van der Waals surface area contributed by atoms with Crippen molar-refractivity contribution in [3.05, 3.63) is 25.3 Å². The minimum absolute atomic E-state index is 0. The average molecular weight is 1350 g/mol. The molecule has 0 saturated carbocycles. The zero-order valence-corrected chi connectivity index (χ0v) is 38.7. The minimum Gasteiger partial charge on any atom is -0.234 e. The Morgan fingerprint density at radius 2 is 0.629 bits per heavy atom. The van der Waals surface area contributed by atoms with Crippen LogP contribution in [0, 0.1) is 11.8 Å². The molecule has 426 valence electrons. The van der Waals surface area contributed by atoms with Crippen LogP contribution in [0.25, 0.3) is 0 Å². The molecule has 70 heavy (non-hydrogen) atoms. The third-order valence-electron chi connectivity index (χ3n) is 8.86. The fraction of sp³-hybridized carbons (Fsp3) is 0.879. The molecule has 0 radical (unpaired) electrons. The van der Waals surface area contributed by atoms with E-state index in [0.717, 1.165) is 22.6 Å². The third-order valence-corrected chi connectivity index (χ3v) is 10.4. The van der Waals surface area contributed by atoms with Gasteiger partial charge in [0.25, 0.3) is 23.1 Å². The van der Waals surface area contributed by atoms with Crippen LogP contribution in [0.5, 0.6) is 0 Å². The van der Waals surface area contributed by atoms with Gasteiger partial charge >= 0.3 is 55.6 Å². The lowest BCUT2D eigenvalue weighted by Crippen LogP contribution is -2.55. The van der Waals surface area contributed by atoms with Crippen molar-refractivity contribution in [3.63, 3.8) is 0 Å². The summed E-state index contributed by atoms with van der Waals surface area (Å²) in [6.07, 6.45) is -69.5. The number of hydrogen-bond donors (Lipinski definition) is 0. The summed E-state index contributed by atoms with van der Waals surface area (Å²) >= 11 is 2.21. The van der Waals surface area contributed by atoms with Crippen molar-refractivity contribution in [2.75, 3.05) is 4.43 Å². The van der Waals surface area contributed by atoms with E-state index in [4.69, 9.17) is 0 Å². The molecule has 0 aliphatic rings. The molecule has 0 aromatic heterocycles. The maximum atomic E-state index is 13.6. The molecule has 0 aliphatic carbocycles. The maximum absolute atomic E-state index is 13.6. The Morgan fingerprint density at radius 3 is 0.857 bits per heavy atom. The highest BCUT2D eigenvalue weighted by Gasteiger charge is 2.75. The van der Waals surface area contributed by atoms with Gasteiger partial charge in [-0.1, -0.05) is 51.3 Å². The topological polar surface area (TPSA) is 0 Å². The van der Waals surface area contributed by atoms with Gasteiger partial charge in [-0.3, -0.25) is 0 Å². The largest absolute Gasteiger partial charge is 0.431 e. The lowest BCUT2D eigenvalue weighted by molar-refractivity contribution is -0.347. The minimum atomic E-state index is -6.42. The molecule has 0 saturated heterocycles. The highest BCUT2D eigenvalue weighted by molar-refractivity contribution is 14.1. The first kappa shape index (κ1) is 75.0. The molecule has 0 amide bonds. The van der Waals surface area contributed by atoms with Crippen LogP contribution < -0.4 is 0 Å². The van der Waals surface area contributed by atoms with E-state index in [1.54, 1.807) is 0 Å². The van der Waals surface area contributed by atoms with Crippen molar-refractivity contribution in [1.29, 1.82) is 0 Å². The Labute approximate surface area is 400 Å². The monoisotopic (exact) mass is 1350 g/mol. The Bertz CT molecular complexity index is 1520. The van der Waals surface area contributed by atoms with Crippen molar-refractivity contribution in [1.82, 2.24) is 0 Å². The first-order valence-corrected chi connectivity index (χ1v) is 20.2. The SMILES string of the molecule is C=C(F)F.C=CC(CC(C)(F)C(F)(F)F)CC(F)(C(F)(F)F)C(F)(F)F.CC(F)(CC(CCI)CC(F)(C(F)(F)F)C(F)(F)F)C(F)(F)F.CC(F)(CC(I)CC(F)(C(F)(F)F)C(F)(F)F)C(F)(F)F.[2HH]. The van der Waals surface area contributed by atoms with E-state index in [1.807, 2.05) is 0 Å². The van der Waals surface area contributed by atoms with Crippen LogP contribution in [0.15, 0.2) is 25.3 Å². The van der Waals surface area contributed by atoms with E-state index >= 15 is 0 Å². The Kier molecular flexibility index (Phi) is 26.7. The summed E-state index contributed by atoms with van der Waals surface area (Å²) in [5.74, 6) is -4.44. The van der Waals surface area contributed by atoms with Gasteiger partial charge in [-0.05, 0) is 62.9 Å². The first-order chi connectivity index (χ1) is 29.9. The number of halogens is 37. The van der Waals surface area contributed by atoms with Crippen LogP contribution in [-0.4, -0.2) is 98.0 Å².